The Balaban J connectivity index is 0.000000409. The molecule has 9 rings (SSSR count). The number of fused-ring (bicyclic) bond motifs is 1. The first-order valence-corrected chi connectivity index (χ1v) is 44.8. The number of methoxy groups -OCH3 is 1. The lowest BCUT2D eigenvalue weighted by atomic mass is 9.72. The molecule has 105 heavy (non-hydrogen) atoms. The van der Waals surface area contributed by atoms with E-state index in [-0.39, 0.29) is 18.3 Å². The van der Waals surface area contributed by atoms with Gasteiger partial charge in [0.15, 0.2) is 0 Å². The summed E-state index contributed by atoms with van der Waals surface area (Å²) in [7, 11) is 1.85. The first-order chi connectivity index (χ1) is 48.7. The molecular weight excluding hydrogens is 1280 g/mol. The van der Waals surface area contributed by atoms with Crippen molar-refractivity contribution in [3.63, 3.8) is 0 Å². The summed E-state index contributed by atoms with van der Waals surface area (Å²) >= 11 is 0. The van der Waals surface area contributed by atoms with Gasteiger partial charge in [-0.3, -0.25) is 0 Å². The first-order valence-electron chi connectivity index (χ1n) is 44.8. The van der Waals surface area contributed by atoms with Crippen LogP contribution in [0.3, 0.4) is 0 Å². The quantitative estimate of drug-likeness (QED) is 0.0969. The van der Waals surface area contributed by atoms with E-state index in [1.165, 1.54) is 130 Å². The van der Waals surface area contributed by atoms with Gasteiger partial charge < -0.3 is 25.4 Å². The number of nitrogens with one attached hydrogen (secondary N) is 1. The summed E-state index contributed by atoms with van der Waals surface area (Å²) < 4.78 is 5.64. The van der Waals surface area contributed by atoms with Crippen molar-refractivity contribution >= 4 is 0 Å². The van der Waals surface area contributed by atoms with E-state index < -0.39 is 0 Å². The molecule has 0 aromatic rings. The molecule has 1 aliphatic heterocycles. The minimum absolute atomic E-state index is 0.151. The normalized spacial score (nSPS) is 25.6. The molecule has 1 saturated heterocycles. The molecule has 5 nitrogen and oxygen atoms in total. The molecule has 0 aromatic heterocycles. The molecule has 0 spiro atoms. The van der Waals surface area contributed by atoms with Gasteiger partial charge in [-0.15, -0.1) is 0 Å². The van der Waals surface area contributed by atoms with E-state index in [2.05, 4.69) is 261 Å². The maximum absolute atomic E-state index is 10.3. The van der Waals surface area contributed by atoms with Gasteiger partial charge in [0.1, 0.15) is 0 Å². The number of allylic oxidation sites excluding steroid dienone is 11. The second kappa shape index (κ2) is 46.7. The molecule has 0 saturated carbocycles. The lowest BCUT2D eigenvalue weighted by Crippen LogP contribution is -2.40. The summed E-state index contributed by atoms with van der Waals surface area (Å²) in [6.45, 7) is 85.9. The number of aliphatic hydroxyl groups is 3. The molecule has 612 valence electrons. The van der Waals surface area contributed by atoms with E-state index in [9.17, 15) is 15.3 Å². The third-order valence-corrected chi connectivity index (χ3v) is 25.8. The molecule has 4 N–H and O–H groups in total. The maximum Gasteiger partial charge on any atom is 0.0792 e. The highest BCUT2D eigenvalue weighted by molar-refractivity contribution is 5.34. The molecule has 1 fully saturated rings. The van der Waals surface area contributed by atoms with E-state index >= 15 is 0 Å². The Morgan fingerprint density at radius 3 is 0.990 bits per heavy atom. The molecule has 1 heterocycles. The minimum Gasteiger partial charge on any atom is -0.389 e. The predicted molar refractivity (Wildman–Crippen MR) is 467 cm³/mol. The van der Waals surface area contributed by atoms with Crippen LogP contribution in [0.5, 0.6) is 0 Å². The van der Waals surface area contributed by atoms with Crippen molar-refractivity contribution < 1.29 is 20.1 Å². The number of hydrogen-bond acceptors (Lipinski definition) is 5. The van der Waals surface area contributed by atoms with Crippen molar-refractivity contribution in [1.29, 1.82) is 0 Å². The Bertz CT molecular complexity index is 2690. The topological polar surface area (TPSA) is 82.0 Å². The monoisotopic (exact) mass is 1460 g/mol. The van der Waals surface area contributed by atoms with E-state index in [0.717, 1.165) is 91.4 Å². The number of rotatable bonds is 19. The van der Waals surface area contributed by atoms with Gasteiger partial charge in [0.2, 0.25) is 0 Å². The SMILES string of the molecule is CC(C)C1=C(C(C)C)C(C)CC1.CC(C)C1=C(C(C)C)C(O)CC1.CC(C)C1=C(C(C)C)C2NCCC2CC1O.CC(C)C1=C(C(C)C)CC(C)(C)C1.CC(C)C1=C(C(C)C)CCC1.CC(C)C1=C(C(C)C)CCCC1.CCC1CC(O)C(C(C)C)=C1C(C)C.CCC1CC(OC)C(C(C)C)=C1C(C)C. The van der Waals surface area contributed by atoms with Crippen molar-refractivity contribution in [2.75, 3.05) is 13.7 Å². The molecule has 9 atom stereocenters. The van der Waals surface area contributed by atoms with Gasteiger partial charge in [-0.25, -0.2) is 0 Å². The molecule has 0 amide bonds. The van der Waals surface area contributed by atoms with Gasteiger partial charge in [-0.05, 0) is 280 Å². The molecule has 8 aliphatic carbocycles. The van der Waals surface area contributed by atoms with Gasteiger partial charge in [0.25, 0.3) is 0 Å². The van der Waals surface area contributed by atoms with Crippen LogP contribution >= 0.6 is 0 Å². The number of hydrogen-bond donors (Lipinski definition) is 4. The van der Waals surface area contributed by atoms with Crippen LogP contribution in [-0.4, -0.2) is 59.4 Å². The number of ether oxygens (including phenoxy) is 1. The summed E-state index contributed by atoms with van der Waals surface area (Å²) in [5.41, 5.74) is 26.3. The van der Waals surface area contributed by atoms with Crippen LogP contribution in [0.4, 0.5) is 0 Å². The molecule has 9 unspecified atom stereocenters. The summed E-state index contributed by atoms with van der Waals surface area (Å²) in [4.78, 5) is 0. The van der Waals surface area contributed by atoms with Gasteiger partial charge in [-0.1, -0.05) is 317 Å². The van der Waals surface area contributed by atoms with Crippen molar-refractivity contribution in [2.45, 2.75) is 409 Å². The van der Waals surface area contributed by atoms with Gasteiger partial charge in [0, 0.05) is 13.2 Å². The zero-order valence-electron chi connectivity index (χ0n) is 77.3. The Hall–Kier alpha value is -2.28. The maximum atomic E-state index is 10.3. The molecule has 0 aromatic carbocycles. The minimum atomic E-state index is -0.196. The molecular formula is C100H183NO4. The first kappa shape index (κ1) is 98.8. The summed E-state index contributed by atoms with van der Waals surface area (Å²) in [6, 6.07) is 0.542. The second-order valence-electron chi connectivity index (χ2n) is 40.0. The van der Waals surface area contributed by atoms with Crippen molar-refractivity contribution in [3.8, 4) is 0 Å². The fourth-order valence-electron chi connectivity index (χ4n) is 21.1. The van der Waals surface area contributed by atoms with Crippen LogP contribution in [0.15, 0.2) is 89.2 Å². The third-order valence-electron chi connectivity index (χ3n) is 25.8. The van der Waals surface area contributed by atoms with E-state index in [4.69, 9.17) is 4.74 Å². The lowest BCUT2D eigenvalue weighted by molar-refractivity contribution is 0.118. The third kappa shape index (κ3) is 29.0. The van der Waals surface area contributed by atoms with E-state index in [1.807, 2.05) is 7.11 Å². The second-order valence-corrected chi connectivity index (χ2v) is 40.0. The Kier molecular flexibility index (Phi) is 43.9. The van der Waals surface area contributed by atoms with Crippen LogP contribution < -0.4 is 5.32 Å². The van der Waals surface area contributed by atoms with E-state index in [0.29, 0.717) is 76.7 Å². The molecule has 9 aliphatic rings. The molecule has 0 bridgehead atoms. The fraction of sp³-hybridized carbons (Fsp3) is 0.840. The average molecular weight is 1460 g/mol. The smallest absolute Gasteiger partial charge is 0.0792 e. The molecule has 5 heteroatoms. The van der Waals surface area contributed by atoms with Gasteiger partial charge >= 0.3 is 0 Å². The van der Waals surface area contributed by atoms with Crippen molar-refractivity contribution in [1.82, 2.24) is 5.32 Å². The van der Waals surface area contributed by atoms with Gasteiger partial charge in [0.05, 0.1) is 24.4 Å². The highest BCUT2D eigenvalue weighted by atomic mass is 16.5. The Morgan fingerprint density at radius 1 is 0.333 bits per heavy atom. The average Bonchev–Trinajstić information content (AvgIpc) is 1.78. The summed E-state index contributed by atoms with van der Waals surface area (Å²) in [5, 5.41) is 33.7. The zero-order valence-corrected chi connectivity index (χ0v) is 77.3. The highest BCUT2D eigenvalue weighted by Gasteiger charge is 2.41. The summed E-state index contributed by atoms with van der Waals surface area (Å²) in [5.74, 6) is 13.6. The van der Waals surface area contributed by atoms with Crippen molar-refractivity contribution in [3.05, 3.63) is 89.2 Å². The van der Waals surface area contributed by atoms with Crippen LogP contribution in [0.2, 0.25) is 0 Å². The van der Waals surface area contributed by atoms with Crippen LogP contribution in [0, 0.1) is 124 Å². The van der Waals surface area contributed by atoms with Crippen LogP contribution in [0.25, 0.3) is 0 Å². The fourth-order valence-corrected chi connectivity index (χ4v) is 21.1. The van der Waals surface area contributed by atoms with Crippen LogP contribution in [-0.2, 0) is 4.74 Å². The predicted octanol–water partition coefficient (Wildman–Crippen LogP) is 28.9. The largest absolute Gasteiger partial charge is 0.389 e. The molecule has 0 radical (unpaired) electrons. The van der Waals surface area contributed by atoms with E-state index in [1.54, 1.807) is 55.7 Å². The standard InChI is InChI=1S/C14H25NO.C14H26O.C13H24O.C13H24.2C12H22.C11H20O.C11H20/c1-8(2)12-11(16)7-10-5-6-15-14(10)13(12)9(3)4;1-7-11-8-12(15-6)14(10(4)5)13(11)9(2)3;1-6-10-7-11(14)13(9(4)5)12(10)8(2)3;1-9(2)11-7-13(5,6)8-12(11)10(3)4;1-8(2)11-7-6-10(5)12(11)9(3)4;1-9(2)11-7-5-6-8-12(11)10(3)4;1-7(2)9-5-6-10(12)11(9)8(3)4;1-8(2)10-6-5-7-11(10)9(3)4/h8-11,14-16H,5-7H2,1-4H3;9-12H,7-8H2,1-6H3;8-11,14H,6-7H2,1-5H3;9-10H,7-8H2,1-6H3;8-10H,6-7H2,1-5H3;9-10H,5-8H2,1-4H3;7-8,10,12H,5-6H2,1-4H3;8-9H,5-7H2,1-4H3. The summed E-state index contributed by atoms with van der Waals surface area (Å²) in [6.07, 6.45) is 23.8. The van der Waals surface area contributed by atoms with Crippen molar-refractivity contribution in [2.24, 2.45) is 124 Å². The zero-order chi connectivity index (χ0) is 80.7. The Morgan fingerprint density at radius 2 is 0.657 bits per heavy atom. The highest BCUT2D eigenvalue weighted by Crippen LogP contribution is 2.49. The Labute approximate surface area is 656 Å². The lowest BCUT2D eigenvalue weighted by Gasteiger charge is -2.38. The number of aliphatic hydroxyl groups excluding tert-OH is 3. The van der Waals surface area contributed by atoms with Gasteiger partial charge in [-0.2, -0.15) is 0 Å². The van der Waals surface area contributed by atoms with Crippen LogP contribution in [0.1, 0.15) is 378 Å².